The van der Waals surface area contributed by atoms with Crippen LogP contribution in [0.2, 0.25) is 0 Å². The van der Waals surface area contributed by atoms with Gasteiger partial charge in [0.1, 0.15) is 12.8 Å². The summed E-state index contributed by atoms with van der Waals surface area (Å²) < 4.78 is 5.09. The second-order valence-corrected chi connectivity index (χ2v) is 2.61. The molecule has 0 aliphatic carbocycles. The monoisotopic (exact) mass is 143 g/mol. The molecule has 1 aliphatic heterocycles. The lowest BCUT2D eigenvalue weighted by molar-refractivity contribution is 0.303. The van der Waals surface area contributed by atoms with E-state index in [1.54, 1.807) is 0 Å². The van der Waals surface area contributed by atoms with E-state index < -0.39 is 0 Å². The first-order chi connectivity index (χ1) is 4.68. The van der Waals surface area contributed by atoms with Gasteiger partial charge in [-0.15, -0.1) is 0 Å². The number of nitrogens with zero attached hydrogens (tertiary/aromatic N) is 1. The Morgan fingerprint density at radius 3 is 2.90 bits per heavy atom. The third-order valence-corrected chi connectivity index (χ3v) is 1.09. The fraction of sp³-hybridized carbons (Fsp3) is 0.833. The fourth-order valence-electron chi connectivity index (χ4n) is 0.715. The zero-order chi connectivity index (χ0) is 7.56. The van der Waals surface area contributed by atoms with Crippen molar-refractivity contribution in [2.75, 3.05) is 6.61 Å². The van der Waals surface area contributed by atoms with Crippen LogP contribution in [0.3, 0.4) is 0 Å². The summed E-state index contributed by atoms with van der Waals surface area (Å²) in [7, 11) is 0. The Labute approximate surface area is 60.5 Å². The van der Waals surface area contributed by atoms with Gasteiger partial charge in [-0.25, -0.2) is 4.99 Å². The van der Waals surface area contributed by atoms with Crippen LogP contribution in [0, 0.1) is 0 Å². The first-order valence-electron chi connectivity index (χ1n) is 3.41. The number of nitrogens with two attached hydrogens (primary N) is 1. The molecule has 4 nitrogen and oxygen atoms in total. The van der Waals surface area contributed by atoms with Gasteiger partial charge in [-0.05, 0) is 13.8 Å². The molecule has 58 valence electrons. The summed E-state index contributed by atoms with van der Waals surface area (Å²) in [6, 6.07) is 0.923. The maximum absolute atomic E-state index is 5.45. The summed E-state index contributed by atoms with van der Waals surface area (Å²) in [5.41, 5.74) is 5.45. The van der Waals surface area contributed by atoms with Crippen molar-refractivity contribution < 1.29 is 4.74 Å². The Morgan fingerprint density at radius 1 is 1.80 bits per heavy atom. The first kappa shape index (κ1) is 7.34. The highest BCUT2D eigenvalue weighted by Crippen LogP contribution is 1.96. The molecule has 0 radical (unpaired) electrons. The Morgan fingerprint density at radius 2 is 2.50 bits per heavy atom. The summed E-state index contributed by atoms with van der Waals surface area (Å²) in [4.78, 5) is 3.99. The lowest BCUT2D eigenvalue weighted by Crippen LogP contribution is -2.30. The average molecular weight is 143 g/mol. The topological polar surface area (TPSA) is 59.6 Å². The van der Waals surface area contributed by atoms with Crippen molar-refractivity contribution in [1.29, 1.82) is 0 Å². The van der Waals surface area contributed by atoms with Crippen molar-refractivity contribution in [3.8, 4) is 0 Å². The molecule has 0 spiro atoms. The largest absolute Gasteiger partial charge is 0.462 e. The van der Waals surface area contributed by atoms with Crippen LogP contribution in [0.25, 0.3) is 0 Å². The van der Waals surface area contributed by atoms with E-state index in [1.807, 2.05) is 13.8 Å². The Balaban J connectivity index is 2.35. The molecule has 0 saturated heterocycles. The van der Waals surface area contributed by atoms with Crippen molar-refractivity contribution in [3.05, 3.63) is 0 Å². The van der Waals surface area contributed by atoms with Crippen LogP contribution in [-0.2, 0) is 4.74 Å². The van der Waals surface area contributed by atoms with Gasteiger partial charge in [0.25, 0.3) is 6.02 Å². The minimum atomic E-state index is -0.179. The molecule has 0 aromatic rings. The predicted octanol–water partition coefficient (Wildman–Crippen LogP) is -0.345. The molecule has 1 atom stereocenters. The molecular weight excluding hydrogens is 130 g/mol. The molecule has 1 unspecified atom stereocenters. The van der Waals surface area contributed by atoms with E-state index in [-0.39, 0.29) is 6.17 Å². The summed E-state index contributed by atoms with van der Waals surface area (Å²) in [6.07, 6.45) is -0.179. The molecule has 0 amide bonds. The average Bonchev–Trinajstić information content (AvgIpc) is 2.13. The van der Waals surface area contributed by atoms with Crippen molar-refractivity contribution in [2.45, 2.75) is 26.1 Å². The van der Waals surface area contributed by atoms with Crippen molar-refractivity contribution in [1.82, 2.24) is 5.32 Å². The van der Waals surface area contributed by atoms with Crippen molar-refractivity contribution in [3.63, 3.8) is 0 Å². The summed E-state index contributed by atoms with van der Waals surface area (Å²) in [5, 5.41) is 3.02. The normalized spacial score (nSPS) is 24.4. The van der Waals surface area contributed by atoms with Gasteiger partial charge in [0.2, 0.25) is 0 Å². The molecular formula is C6H13N3O. The van der Waals surface area contributed by atoms with E-state index in [2.05, 4.69) is 10.3 Å². The number of nitrogens with one attached hydrogen (secondary N) is 1. The van der Waals surface area contributed by atoms with E-state index in [4.69, 9.17) is 10.5 Å². The molecule has 4 heteroatoms. The Bertz CT molecular complexity index is 144. The molecule has 1 rings (SSSR count). The lowest BCUT2D eigenvalue weighted by atomic mass is 10.4. The minimum absolute atomic E-state index is 0.179. The third kappa shape index (κ3) is 1.88. The van der Waals surface area contributed by atoms with Crippen LogP contribution in [0.15, 0.2) is 4.99 Å². The number of hydrogen-bond acceptors (Lipinski definition) is 4. The molecule has 0 bridgehead atoms. The smallest absolute Gasteiger partial charge is 0.286 e. The highest BCUT2D eigenvalue weighted by molar-refractivity contribution is 5.75. The predicted molar refractivity (Wildman–Crippen MR) is 39.6 cm³/mol. The number of amidine groups is 1. The highest BCUT2D eigenvalue weighted by atomic mass is 16.5. The summed E-state index contributed by atoms with van der Waals surface area (Å²) in [5.74, 6) is 0. The fourth-order valence-corrected chi connectivity index (χ4v) is 0.715. The van der Waals surface area contributed by atoms with E-state index in [0.29, 0.717) is 18.7 Å². The zero-order valence-electron chi connectivity index (χ0n) is 6.29. The van der Waals surface area contributed by atoms with Crippen LogP contribution >= 0.6 is 0 Å². The second kappa shape index (κ2) is 2.88. The highest BCUT2D eigenvalue weighted by Gasteiger charge is 2.14. The molecule has 0 aromatic heterocycles. The Kier molecular flexibility index (Phi) is 2.11. The molecule has 0 aromatic carbocycles. The zero-order valence-corrected chi connectivity index (χ0v) is 6.29. The van der Waals surface area contributed by atoms with Gasteiger partial charge in [0, 0.05) is 6.04 Å². The van der Waals surface area contributed by atoms with E-state index in [1.165, 1.54) is 0 Å². The van der Waals surface area contributed by atoms with Gasteiger partial charge in [0.15, 0.2) is 0 Å². The maximum atomic E-state index is 5.45. The molecule has 1 heterocycles. The van der Waals surface area contributed by atoms with Crippen LogP contribution < -0.4 is 11.1 Å². The van der Waals surface area contributed by atoms with Gasteiger partial charge in [-0.1, -0.05) is 0 Å². The molecule has 10 heavy (non-hydrogen) atoms. The SMILES string of the molecule is CC(C)NC1=NC(N)CO1. The van der Waals surface area contributed by atoms with Crippen LogP contribution in [-0.4, -0.2) is 24.8 Å². The van der Waals surface area contributed by atoms with E-state index >= 15 is 0 Å². The Hall–Kier alpha value is -0.770. The van der Waals surface area contributed by atoms with Gasteiger partial charge in [-0.3, -0.25) is 0 Å². The third-order valence-electron chi connectivity index (χ3n) is 1.09. The van der Waals surface area contributed by atoms with E-state index in [9.17, 15) is 0 Å². The molecule has 0 saturated carbocycles. The number of ether oxygens (including phenoxy) is 1. The van der Waals surface area contributed by atoms with Crippen LogP contribution in [0.4, 0.5) is 0 Å². The standard InChI is InChI=1S/C6H13N3O/c1-4(2)8-6-9-5(7)3-10-6/h4-5H,3,7H2,1-2H3,(H,8,9). The van der Waals surface area contributed by atoms with Crippen LogP contribution in [0.1, 0.15) is 13.8 Å². The quantitative estimate of drug-likeness (QED) is 0.527. The minimum Gasteiger partial charge on any atom is -0.462 e. The maximum Gasteiger partial charge on any atom is 0.286 e. The van der Waals surface area contributed by atoms with Gasteiger partial charge >= 0.3 is 0 Å². The number of hydrogen-bond donors (Lipinski definition) is 2. The second-order valence-electron chi connectivity index (χ2n) is 2.61. The molecule has 0 fully saturated rings. The summed E-state index contributed by atoms with van der Waals surface area (Å²) in [6.45, 7) is 4.54. The summed E-state index contributed by atoms with van der Waals surface area (Å²) >= 11 is 0. The van der Waals surface area contributed by atoms with Gasteiger partial charge in [-0.2, -0.15) is 0 Å². The van der Waals surface area contributed by atoms with Gasteiger partial charge < -0.3 is 15.8 Å². The number of rotatable bonds is 1. The first-order valence-corrected chi connectivity index (χ1v) is 3.41. The van der Waals surface area contributed by atoms with Gasteiger partial charge in [0.05, 0.1) is 0 Å². The van der Waals surface area contributed by atoms with Crippen LogP contribution in [0.5, 0.6) is 0 Å². The van der Waals surface area contributed by atoms with E-state index in [0.717, 1.165) is 0 Å². The molecule has 3 N–H and O–H groups in total. The lowest BCUT2D eigenvalue weighted by Gasteiger charge is -2.07. The number of aliphatic imine (C=N–C) groups is 1. The van der Waals surface area contributed by atoms with Crippen molar-refractivity contribution >= 4 is 6.02 Å². The molecule has 1 aliphatic rings. The van der Waals surface area contributed by atoms with Crippen molar-refractivity contribution in [2.24, 2.45) is 10.7 Å².